The van der Waals surface area contributed by atoms with Crippen LogP contribution in [0.1, 0.15) is 4.19 Å². The Morgan fingerprint density at radius 3 is 1.39 bits per heavy atom. The molecule has 0 radical (unpaired) electrons. The minimum absolute atomic E-state index is 1.36. The summed E-state index contributed by atoms with van der Waals surface area (Å²) in [6.07, 6.45) is 2.52. The van der Waals surface area contributed by atoms with Crippen LogP contribution in [-0.4, -0.2) is 0 Å². The molecular formula is C33H17S8+. The van der Waals surface area contributed by atoms with E-state index in [0.29, 0.717) is 0 Å². The molecule has 0 nitrogen and oxygen atoms in total. The zero-order chi connectivity index (χ0) is 26.9. The van der Waals surface area contributed by atoms with Crippen molar-refractivity contribution in [3.8, 4) is 0 Å². The van der Waals surface area contributed by atoms with Gasteiger partial charge in [0.1, 0.15) is 0 Å². The van der Waals surface area contributed by atoms with Crippen LogP contribution in [0.15, 0.2) is 162 Å². The molecule has 4 heterocycles. The first kappa shape index (κ1) is 25.7. The largest absolute Gasteiger partial charge is 0.286 e. The van der Waals surface area contributed by atoms with Gasteiger partial charge in [0.05, 0.1) is 41.0 Å². The number of hydrogen-bond donors (Lipinski definition) is 0. The van der Waals surface area contributed by atoms with E-state index in [0.717, 1.165) is 0 Å². The molecule has 4 aliphatic rings. The summed E-state index contributed by atoms with van der Waals surface area (Å²) in [5.74, 6) is 0. The fourth-order valence-electron chi connectivity index (χ4n) is 5.09. The normalized spacial score (nSPS) is 17.5. The number of fused-ring (bicyclic) bond motifs is 4. The van der Waals surface area contributed by atoms with Crippen molar-refractivity contribution in [2.24, 2.45) is 0 Å². The molecule has 4 aromatic carbocycles. The second kappa shape index (κ2) is 10.5. The summed E-state index contributed by atoms with van der Waals surface area (Å²) < 4.78 is 8.27. The van der Waals surface area contributed by atoms with Gasteiger partial charge in [-0.2, -0.15) is 0 Å². The van der Waals surface area contributed by atoms with Gasteiger partial charge in [-0.15, -0.1) is 0 Å². The molecule has 0 N–H and O–H groups in total. The lowest BCUT2D eigenvalue weighted by molar-refractivity contribution is 1.27. The van der Waals surface area contributed by atoms with Crippen LogP contribution in [0.4, 0.5) is 0 Å². The van der Waals surface area contributed by atoms with Gasteiger partial charge < -0.3 is 0 Å². The third-order valence-corrected chi connectivity index (χ3v) is 17.2. The Balaban J connectivity index is 1.30. The third kappa shape index (κ3) is 4.45. The van der Waals surface area contributed by atoms with Crippen molar-refractivity contribution in [2.75, 3.05) is 0 Å². The average molecular weight is 670 g/mol. The molecule has 0 bridgehead atoms. The minimum atomic E-state index is 1.36. The van der Waals surface area contributed by atoms with Gasteiger partial charge in [0.15, 0.2) is 9.40 Å². The second-order valence-electron chi connectivity index (χ2n) is 9.47. The maximum absolute atomic E-state index is 2.52. The Morgan fingerprint density at radius 1 is 0.439 bits per heavy atom. The highest BCUT2D eigenvalue weighted by molar-refractivity contribution is 8.26. The van der Waals surface area contributed by atoms with Crippen LogP contribution in [0.5, 0.6) is 0 Å². The summed E-state index contributed by atoms with van der Waals surface area (Å²) in [7, 11) is 0. The first-order valence-corrected chi connectivity index (χ1v) is 19.4. The predicted octanol–water partition coefficient (Wildman–Crippen LogP) is 13.0. The van der Waals surface area contributed by atoms with Crippen LogP contribution in [0.2, 0.25) is 0 Å². The Bertz CT molecular complexity index is 1940. The van der Waals surface area contributed by atoms with Gasteiger partial charge in [0.25, 0.3) is 4.19 Å². The van der Waals surface area contributed by atoms with E-state index in [2.05, 4.69) is 103 Å². The number of allylic oxidation sites excluding steroid dienone is 5. The number of rotatable bonds is 1. The van der Waals surface area contributed by atoms with Crippen LogP contribution in [-0.2, 0) is 0 Å². The SMILES string of the molecule is C1=C(c2sc3ccccc3[s+]2)C(=C2Sc3ccccc3S2)C(=C2Sc3ccccc3S2)C1=C1Sc2ccccc2S1. The van der Waals surface area contributed by atoms with E-state index in [-0.39, 0.29) is 0 Å². The molecular weight excluding hydrogens is 653 g/mol. The van der Waals surface area contributed by atoms with Crippen molar-refractivity contribution in [3.05, 3.63) is 137 Å². The molecule has 1 aromatic heterocycles. The lowest BCUT2D eigenvalue weighted by atomic mass is 10.1. The van der Waals surface area contributed by atoms with Crippen molar-refractivity contribution >= 4 is 108 Å². The van der Waals surface area contributed by atoms with Gasteiger partial charge in [-0.1, -0.05) is 119 Å². The zero-order valence-corrected chi connectivity index (χ0v) is 27.6. The number of thioether (sulfide) groups is 6. The average Bonchev–Trinajstić information content (AvgIpc) is 3.82. The van der Waals surface area contributed by atoms with E-state index in [4.69, 9.17) is 0 Å². The molecule has 5 aromatic rings. The van der Waals surface area contributed by atoms with Crippen molar-refractivity contribution < 1.29 is 0 Å². The topological polar surface area (TPSA) is 0 Å². The van der Waals surface area contributed by atoms with Crippen LogP contribution < -0.4 is 0 Å². The lowest BCUT2D eigenvalue weighted by Gasteiger charge is -2.13. The fourth-order valence-corrected chi connectivity index (χ4v) is 15.4. The second-order valence-corrected chi connectivity index (χ2v) is 18.9. The van der Waals surface area contributed by atoms with Gasteiger partial charge >= 0.3 is 0 Å². The maximum Gasteiger partial charge on any atom is 0.286 e. The molecule has 0 amide bonds. The predicted molar refractivity (Wildman–Crippen MR) is 188 cm³/mol. The van der Waals surface area contributed by atoms with Crippen molar-refractivity contribution in [2.45, 2.75) is 29.4 Å². The van der Waals surface area contributed by atoms with Gasteiger partial charge in [-0.25, -0.2) is 0 Å². The molecule has 0 spiro atoms. The highest BCUT2D eigenvalue weighted by Gasteiger charge is 2.40. The van der Waals surface area contributed by atoms with E-state index < -0.39 is 0 Å². The monoisotopic (exact) mass is 669 g/mol. The summed E-state index contributed by atoms with van der Waals surface area (Å²) in [5.41, 5.74) is 5.56. The van der Waals surface area contributed by atoms with E-state index in [1.165, 1.54) is 78.0 Å². The lowest BCUT2D eigenvalue weighted by Crippen LogP contribution is -1.92. The summed E-state index contributed by atoms with van der Waals surface area (Å²) >= 11 is 15.5. The van der Waals surface area contributed by atoms with Crippen LogP contribution in [0, 0.1) is 0 Å². The quantitative estimate of drug-likeness (QED) is 0.162. The third-order valence-electron chi connectivity index (χ3n) is 6.94. The Kier molecular flexibility index (Phi) is 6.56. The summed E-state index contributed by atoms with van der Waals surface area (Å²) in [6.45, 7) is 0. The van der Waals surface area contributed by atoms with Gasteiger partial charge in [-0.05, 0) is 54.6 Å². The van der Waals surface area contributed by atoms with E-state index >= 15 is 0 Å². The number of benzene rings is 4. The molecule has 0 unspecified atom stereocenters. The standard InChI is InChI=1S/C33H17S8/c1-2-10-21-20(9-1)34-30(35-21)18-17-19(31-36-22-11-3-4-12-23(22)37-31)29(33-40-26-15-7-8-16-27(26)41-33)28(18)32-38-24-13-5-6-14-25(24)39-32/h1-17H/q+1. The molecule has 1 aliphatic carbocycles. The Hall–Kier alpha value is -1.75. The van der Waals surface area contributed by atoms with E-state index in [9.17, 15) is 0 Å². The van der Waals surface area contributed by atoms with Gasteiger partial charge in [0.2, 0.25) is 0 Å². The van der Waals surface area contributed by atoms with Crippen molar-refractivity contribution in [3.63, 3.8) is 0 Å². The molecule has 0 saturated heterocycles. The summed E-state index contributed by atoms with van der Waals surface area (Å²) in [5, 5.41) is 0. The molecule has 9 rings (SSSR count). The summed E-state index contributed by atoms with van der Waals surface area (Å²) in [4.78, 5) is 8.15. The Labute approximate surface area is 271 Å². The Morgan fingerprint density at radius 2 is 0.878 bits per heavy atom. The highest BCUT2D eigenvalue weighted by atomic mass is 32.2. The molecule has 41 heavy (non-hydrogen) atoms. The first-order chi connectivity index (χ1) is 20.3. The molecule has 0 fully saturated rings. The van der Waals surface area contributed by atoms with Crippen LogP contribution in [0.25, 0.3) is 15.0 Å². The maximum atomic E-state index is 2.52. The summed E-state index contributed by atoms with van der Waals surface area (Å²) in [6, 6.07) is 35.4. The van der Waals surface area contributed by atoms with Crippen LogP contribution in [0.3, 0.4) is 0 Å². The molecule has 196 valence electrons. The van der Waals surface area contributed by atoms with Crippen LogP contribution >= 0.6 is 93.2 Å². The van der Waals surface area contributed by atoms with Gasteiger partial charge in [0, 0.05) is 46.1 Å². The fraction of sp³-hybridized carbons (Fsp3) is 0. The minimum Gasteiger partial charge on any atom is -0.0809 e. The molecule has 0 saturated carbocycles. The van der Waals surface area contributed by atoms with Crippen molar-refractivity contribution in [1.82, 2.24) is 0 Å². The van der Waals surface area contributed by atoms with E-state index in [1.807, 2.05) is 93.2 Å². The number of hydrogen-bond acceptors (Lipinski definition) is 7. The first-order valence-electron chi connectivity index (χ1n) is 12.9. The molecule has 0 atom stereocenters. The van der Waals surface area contributed by atoms with Gasteiger partial charge in [-0.3, -0.25) is 0 Å². The smallest absolute Gasteiger partial charge is 0.0809 e. The molecule has 3 aliphatic heterocycles. The zero-order valence-electron chi connectivity index (χ0n) is 21.1. The van der Waals surface area contributed by atoms with Crippen molar-refractivity contribution in [1.29, 1.82) is 0 Å². The van der Waals surface area contributed by atoms with E-state index in [1.54, 1.807) is 0 Å². The molecule has 8 heteroatoms. The highest BCUT2D eigenvalue weighted by Crippen LogP contribution is 2.65.